The van der Waals surface area contributed by atoms with Crippen molar-refractivity contribution in [3.8, 4) is 0 Å². The molecule has 0 aromatic carbocycles. The van der Waals surface area contributed by atoms with E-state index in [1.54, 1.807) is 7.05 Å². The lowest BCUT2D eigenvalue weighted by molar-refractivity contribution is -0.145. The maximum absolute atomic E-state index is 11.9. The highest BCUT2D eigenvalue weighted by Crippen LogP contribution is 2.09. The first-order valence-electron chi connectivity index (χ1n) is 20.7. The van der Waals surface area contributed by atoms with Crippen molar-refractivity contribution in [2.75, 3.05) is 166 Å². The van der Waals surface area contributed by atoms with E-state index in [4.69, 9.17) is 61.6 Å². The molecule has 0 spiro atoms. The molecule has 16 nitrogen and oxygen atoms in total. The zero-order valence-electron chi connectivity index (χ0n) is 35.7. The fraction of sp³-hybridized carbons (Fsp3) is 0.950. The summed E-state index contributed by atoms with van der Waals surface area (Å²) in [4.78, 5) is 25.1. The molecule has 0 unspecified atom stereocenters. The maximum Gasteiger partial charge on any atom is 0.410 e. The second-order valence-corrected chi connectivity index (χ2v) is 13.7. The fourth-order valence-electron chi connectivity index (χ4n) is 4.45. The van der Waals surface area contributed by atoms with Crippen LogP contribution in [0.2, 0.25) is 0 Å². The first-order chi connectivity index (χ1) is 27.3. The van der Waals surface area contributed by atoms with Crippen LogP contribution in [0.25, 0.3) is 0 Å². The van der Waals surface area contributed by atoms with E-state index in [9.17, 15) is 9.59 Å². The maximum atomic E-state index is 11.9. The van der Waals surface area contributed by atoms with Crippen molar-refractivity contribution in [3.05, 3.63) is 0 Å². The normalized spacial score (nSPS) is 11.7. The van der Waals surface area contributed by atoms with Gasteiger partial charge in [-0.25, -0.2) is 4.79 Å². The molecule has 1 amide bonds. The quantitative estimate of drug-likeness (QED) is 0.0615. The molecule has 0 aliphatic heterocycles. The Morgan fingerprint density at radius 2 is 0.696 bits per heavy atom. The minimum Gasteiger partial charge on any atom is -0.463 e. The van der Waals surface area contributed by atoms with Gasteiger partial charge in [-0.05, 0) is 27.2 Å². The number of ether oxygens (including phenoxy) is 13. The van der Waals surface area contributed by atoms with E-state index in [1.807, 2.05) is 20.8 Å². The third kappa shape index (κ3) is 45.0. The van der Waals surface area contributed by atoms with E-state index in [-0.39, 0.29) is 18.7 Å². The third-order valence-electron chi connectivity index (χ3n) is 7.47. The molecule has 0 rings (SSSR count). The number of amides is 1. The summed E-state index contributed by atoms with van der Waals surface area (Å²) >= 11 is 0. The molecule has 0 atom stereocenters. The van der Waals surface area contributed by atoms with E-state index in [0.29, 0.717) is 158 Å². The molecule has 0 N–H and O–H groups in total. The molecule has 0 heterocycles. The highest BCUT2D eigenvalue weighted by molar-refractivity contribution is 5.69. The van der Waals surface area contributed by atoms with Crippen LogP contribution in [-0.4, -0.2) is 188 Å². The van der Waals surface area contributed by atoms with Crippen molar-refractivity contribution in [2.24, 2.45) is 0 Å². The summed E-state index contributed by atoms with van der Waals surface area (Å²) in [6.45, 7) is 18.8. The predicted molar refractivity (Wildman–Crippen MR) is 211 cm³/mol. The van der Waals surface area contributed by atoms with Gasteiger partial charge in [-0.1, -0.05) is 45.4 Å². The number of carbonyl (C=O) groups excluding carboxylic acids is 2. The van der Waals surface area contributed by atoms with Crippen LogP contribution >= 0.6 is 0 Å². The number of hydrogen-bond donors (Lipinski definition) is 0. The van der Waals surface area contributed by atoms with Gasteiger partial charge < -0.3 is 66.5 Å². The summed E-state index contributed by atoms with van der Waals surface area (Å²) in [6, 6.07) is 0. The lowest BCUT2D eigenvalue weighted by Crippen LogP contribution is -2.36. The lowest BCUT2D eigenvalue weighted by Gasteiger charge is -2.24. The number of nitrogens with zero attached hydrogens (tertiary/aromatic N) is 1. The van der Waals surface area contributed by atoms with Crippen molar-refractivity contribution < 1.29 is 71.2 Å². The molecule has 0 aromatic rings. The van der Waals surface area contributed by atoms with Crippen molar-refractivity contribution >= 4 is 12.1 Å². The average molecular weight is 814 g/mol. The van der Waals surface area contributed by atoms with Gasteiger partial charge in [0.05, 0.1) is 145 Å². The van der Waals surface area contributed by atoms with Crippen LogP contribution in [0, 0.1) is 0 Å². The largest absolute Gasteiger partial charge is 0.463 e. The highest BCUT2D eigenvalue weighted by Gasteiger charge is 2.19. The third-order valence-corrected chi connectivity index (χ3v) is 7.47. The van der Waals surface area contributed by atoms with Gasteiger partial charge in [-0.3, -0.25) is 4.79 Å². The van der Waals surface area contributed by atoms with Crippen LogP contribution in [0.3, 0.4) is 0 Å². The fourth-order valence-corrected chi connectivity index (χ4v) is 4.45. The van der Waals surface area contributed by atoms with Crippen molar-refractivity contribution in [2.45, 2.75) is 84.7 Å². The van der Waals surface area contributed by atoms with Gasteiger partial charge >= 0.3 is 12.1 Å². The summed E-state index contributed by atoms with van der Waals surface area (Å²) in [7, 11) is 1.68. The SMILES string of the molecule is CCCCCCCCCC(=O)OCCOCCOCCOCCOCCOCCOCCOCCOCCOCCOCCOCCN(C)C(=O)OC(C)(C)C. The monoisotopic (exact) mass is 814 g/mol. The molecule has 334 valence electrons. The Bertz CT molecular complexity index is 834. The predicted octanol–water partition coefficient (Wildman–Crippen LogP) is 4.72. The Morgan fingerprint density at radius 1 is 0.411 bits per heavy atom. The second kappa shape index (κ2) is 42.9. The van der Waals surface area contributed by atoms with E-state index in [1.165, 1.54) is 37.0 Å². The number of rotatable bonds is 44. The van der Waals surface area contributed by atoms with Gasteiger partial charge in [0.2, 0.25) is 0 Å². The standard InChI is InChI=1S/C40H79NO15/c1-6-7-8-9-10-11-12-13-38(42)55-37-36-54-35-34-53-33-32-52-31-30-51-29-28-50-27-26-49-25-24-48-23-22-47-21-20-46-19-18-45-17-16-44-15-14-41(5)39(43)56-40(2,3)4/h6-37H2,1-5H3. The van der Waals surface area contributed by atoms with Crippen LogP contribution < -0.4 is 0 Å². The van der Waals surface area contributed by atoms with Crippen LogP contribution in [-0.2, 0) is 66.4 Å². The minimum atomic E-state index is -0.514. The van der Waals surface area contributed by atoms with E-state index in [2.05, 4.69) is 6.92 Å². The number of likely N-dealkylation sites (N-methyl/N-ethyl adjacent to an activating group) is 1. The van der Waals surface area contributed by atoms with E-state index >= 15 is 0 Å². The number of hydrogen-bond acceptors (Lipinski definition) is 15. The smallest absolute Gasteiger partial charge is 0.410 e. The topological polar surface area (TPSA) is 157 Å². The average Bonchev–Trinajstić information content (AvgIpc) is 3.16. The summed E-state index contributed by atoms with van der Waals surface area (Å²) in [5.41, 5.74) is -0.514. The van der Waals surface area contributed by atoms with Gasteiger partial charge in [-0.2, -0.15) is 0 Å². The molecule has 0 saturated heterocycles. The second-order valence-electron chi connectivity index (χ2n) is 13.7. The molecular weight excluding hydrogens is 734 g/mol. The molecular formula is C40H79NO15. The van der Waals surface area contributed by atoms with Gasteiger partial charge in [0.1, 0.15) is 12.2 Å². The Labute approximate surface area is 338 Å². The van der Waals surface area contributed by atoms with Crippen molar-refractivity contribution in [3.63, 3.8) is 0 Å². The minimum absolute atomic E-state index is 0.145. The Hall–Kier alpha value is -1.70. The molecule has 56 heavy (non-hydrogen) atoms. The summed E-state index contributed by atoms with van der Waals surface area (Å²) in [5, 5.41) is 0. The van der Waals surface area contributed by atoms with Crippen LogP contribution in [0.15, 0.2) is 0 Å². The van der Waals surface area contributed by atoms with Crippen LogP contribution in [0.1, 0.15) is 79.1 Å². The lowest BCUT2D eigenvalue weighted by atomic mass is 10.1. The number of carbonyl (C=O) groups is 2. The van der Waals surface area contributed by atoms with E-state index in [0.717, 1.165) is 12.8 Å². The molecule has 0 aromatic heterocycles. The van der Waals surface area contributed by atoms with Crippen LogP contribution in [0.4, 0.5) is 4.79 Å². The Kier molecular flexibility index (Phi) is 41.6. The molecule has 16 heteroatoms. The van der Waals surface area contributed by atoms with Gasteiger partial charge in [0, 0.05) is 20.0 Å². The first-order valence-corrected chi connectivity index (χ1v) is 20.7. The molecule has 0 aliphatic carbocycles. The highest BCUT2D eigenvalue weighted by atomic mass is 16.6. The van der Waals surface area contributed by atoms with Gasteiger partial charge in [0.25, 0.3) is 0 Å². The Balaban J connectivity index is 3.16. The van der Waals surface area contributed by atoms with Gasteiger partial charge in [0.15, 0.2) is 0 Å². The zero-order valence-corrected chi connectivity index (χ0v) is 35.7. The summed E-state index contributed by atoms with van der Waals surface area (Å²) in [5.74, 6) is -0.145. The summed E-state index contributed by atoms with van der Waals surface area (Å²) < 4.78 is 70.8. The molecule has 0 saturated carbocycles. The van der Waals surface area contributed by atoms with E-state index < -0.39 is 5.60 Å². The van der Waals surface area contributed by atoms with Crippen molar-refractivity contribution in [1.29, 1.82) is 0 Å². The number of unbranched alkanes of at least 4 members (excludes halogenated alkanes) is 6. The summed E-state index contributed by atoms with van der Waals surface area (Å²) in [6.07, 6.45) is 8.40. The molecule has 0 bridgehead atoms. The zero-order chi connectivity index (χ0) is 41.1. The Morgan fingerprint density at radius 3 is 1.02 bits per heavy atom. The van der Waals surface area contributed by atoms with Gasteiger partial charge in [-0.15, -0.1) is 0 Å². The number of esters is 1. The first kappa shape index (κ1) is 54.3. The molecule has 0 radical (unpaired) electrons. The van der Waals surface area contributed by atoms with Crippen LogP contribution in [0.5, 0.6) is 0 Å². The molecule has 0 aliphatic rings. The molecule has 0 fully saturated rings. The van der Waals surface area contributed by atoms with Crippen molar-refractivity contribution in [1.82, 2.24) is 4.90 Å².